The molecule has 238 valence electrons. The molecule has 5 aromatic heterocycles. The summed E-state index contributed by atoms with van der Waals surface area (Å²) in [7, 11) is 1.90. The maximum atomic E-state index is 12.4. The Morgan fingerprint density at radius 1 is 0.795 bits per heavy atom. The number of imidazole rings is 1. The predicted octanol–water partition coefficient (Wildman–Crippen LogP) is 6.74. The van der Waals surface area contributed by atoms with Crippen LogP contribution in [0.5, 0.6) is 0 Å². The highest BCUT2D eigenvalue weighted by atomic mass is 19.3. The molecule has 0 spiro atoms. The lowest BCUT2D eigenvalue weighted by atomic mass is 10.1. The first kappa shape index (κ1) is 34.4. The molecule has 0 radical (unpaired) electrons. The molecule has 0 saturated heterocycles. The molecule has 0 aliphatic heterocycles. The van der Waals surface area contributed by atoms with Crippen molar-refractivity contribution in [2.24, 2.45) is 4.99 Å². The molecule has 0 aliphatic carbocycles. The van der Waals surface area contributed by atoms with Gasteiger partial charge in [0.15, 0.2) is 5.65 Å². The summed E-state index contributed by atoms with van der Waals surface area (Å²) in [5, 5.41) is 7.39. The molecular weight excluding hydrogens is 560 g/mol. The van der Waals surface area contributed by atoms with Gasteiger partial charge in [0.1, 0.15) is 28.8 Å². The van der Waals surface area contributed by atoms with Crippen molar-refractivity contribution < 1.29 is 8.78 Å². The predicted molar refractivity (Wildman–Crippen MR) is 173 cm³/mol. The van der Waals surface area contributed by atoms with Gasteiger partial charge in [0, 0.05) is 24.8 Å². The van der Waals surface area contributed by atoms with Crippen molar-refractivity contribution in [1.29, 1.82) is 0 Å². The SMILES string of the molecule is CC(C)c1ccc2nc(C(F)F)cn2c1.CCC(/N=c1/ccc(C(C)C)cn1N)NC.Cc1nc2ccc(C(C)C)cn2n1. The zero-order valence-corrected chi connectivity index (χ0v) is 27.3. The van der Waals surface area contributed by atoms with Gasteiger partial charge in [0.05, 0.1) is 0 Å². The summed E-state index contributed by atoms with van der Waals surface area (Å²) in [4.78, 5) is 12.6. The minimum absolute atomic E-state index is 0.125. The summed E-state index contributed by atoms with van der Waals surface area (Å²) in [5.41, 5.74) is 5.73. The van der Waals surface area contributed by atoms with Gasteiger partial charge in [-0.15, -0.1) is 0 Å². The number of nitrogens with zero attached hydrogens (tertiary/aromatic N) is 7. The van der Waals surface area contributed by atoms with Gasteiger partial charge in [-0.2, -0.15) is 5.10 Å². The minimum atomic E-state index is -2.51. The fourth-order valence-electron chi connectivity index (χ4n) is 4.32. The number of hydrogen-bond acceptors (Lipinski definition) is 6. The summed E-state index contributed by atoms with van der Waals surface area (Å²) in [6, 6.07) is 11.8. The van der Waals surface area contributed by atoms with Crippen LogP contribution in [0, 0.1) is 6.92 Å². The number of halogens is 2. The van der Waals surface area contributed by atoms with Crippen LogP contribution in [0.15, 0.2) is 66.2 Å². The number of pyridine rings is 3. The Hall–Kier alpha value is -4.12. The minimum Gasteiger partial charge on any atom is -0.338 e. The molecule has 44 heavy (non-hydrogen) atoms. The van der Waals surface area contributed by atoms with Gasteiger partial charge < -0.3 is 10.2 Å². The first-order valence-corrected chi connectivity index (χ1v) is 15.1. The average molecular weight is 608 g/mol. The van der Waals surface area contributed by atoms with Crippen molar-refractivity contribution in [2.45, 2.75) is 92.2 Å². The average Bonchev–Trinajstić information content (AvgIpc) is 3.59. The van der Waals surface area contributed by atoms with Crippen molar-refractivity contribution in [3.8, 4) is 0 Å². The van der Waals surface area contributed by atoms with E-state index in [2.05, 4.69) is 86.0 Å². The van der Waals surface area contributed by atoms with E-state index in [9.17, 15) is 8.78 Å². The lowest BCUT2D eigenvalue weighted by molar-refractivity contribution is 0.147. The molecule has 11 heteroatoms. The van der Waals surface area contributed by atoms with Crippen LogP contribution in [-0.2, 0) is 0 Å². The number of nitrogens with one attached hydrogen (secondary N) is 1. The molecule has 0 aliphatic rings. The highest BCUT2D eigenvalue weighted by molar-refractivity contribution is 5.42. The number of rotatable bonds is 7. The molecule has 0 fully saturated rings. The smallest absolute Gasteiger partial charge is 0.281 e. The molecule has 0 saturated carbocycles. The molecule has 5 heterocycles. The summed E-state index contributed by atoms with van der Waals surface area (Å²) < 4.78 is 29.9. The summed E-state index contributed by atoms with van der Waals surface area (Å²) in [5.74, 6) is 8.13. The van der Waals surface area contributed by atoms with Crippen LogP contribution >= 0.6 is 0 Å². The van der Waals surface area contributed by atoms with Crippen LogP contribution in [0.4, 0.5) is 8.78 Å². The highest BCUT2D eigenvalue weighted by Gasteiger charge is 2.12. The standard InChI is InChI=1S/C12H22N4.C11H12F2N2.C10H13N3/c1-5-11(14-4)15-12-7-6-10(9(2)3)8-16(12)13;1-7(2)8-3-4-10-14-9(11(12)13)6-15(10)5-8;1-7(2)9-4-5-10-11-8(3)12-13(10)6-9/h6-9,11,14H,5,13H2,1-4H3;3-7,11H,1-2H3;4-7H,1-3H3/b15-12-;;. The first-order chi connectivity index (χ1) is 20.8. The van der Waals surface area contributed by atoms with Gasteiger partial charge in [0.2, 0.25) is 0 Å². The number of aromatic nitrogens is 6. The third-order valence-electron chi connectivity index (χ3n) is 7.16. The lowest BCUT2D eigenvalue weighted by Crippen LogP contribution is -2.32. The van der Waals surface area contributed by atoms with Gasteiger partial charge in [-0.05, 0) is 73.0 Å². The number of alkyl halides is 2. The second-order valence-electron chi connectivity index (χ2n) is 11.7. The fraction of sp³-hybridized carbons (Fsp3) is 0.455. The van der Waals surface area contributed by atoms with E-state index in [1.807, 2.05) is 55.3 Å². The monoisotopic (exact) mass is 607 g/mol. The van der Waals surface area contributed by atoms with Crippen LogP contribution in [0.1, 0.15) is 107 Å². The normalized spacial score (nSPS) is 12.7. The maximum absolute atomic E-state index is 12.4. The molecule has 1 unspecified atom stereocenters. The van der Waals surface area contributed by atoms with E-state index in [1.54, 1.807) is 15.1 Å². The van der Waals surface area contributed by atoms with Crippen LogP contribution in [0.3, 0.4) is 0 Å². The van der Waals surface area contributed by atoms with Crippen LogP contribution in [0.25, 0.3) is 11.3 Å². The third-order valence-corrected chi connectivity index (χ3v) is 7.16. The van der Waals surface area contributed by atoms with Crippen LogP contribution < -0.4 is 16.6 Å². The van der Waals surface area contributed by atoms with Crippen molar-refractivity contribution in [2.75, 3.05) is 12.9 Å². The second kappa shape index (κ2) is 15.6. The Labute approximate surface area is 258 Å². The Bertz CT molecular complexity index is 1690. The molecule has 0 bridgehead atoms. The van der Waals surface area contributed by atoms with Crippen molar-refractivity contribution in [3.63, 3.8) is 0 Å². The van der Waals surface area contributed by atoms with Gasteiger partial charge >= 0.3 is 0 Å². The maximum Gasteiger partial charge on any atom is 0.281 e. The van der Waals surface area contributed by atoms with Crippen molar-refractivity contribution >= 4 is 11.3 Å². The molecule has 3 N–H and O–H groups in total. The van der Waals surface area contributed by atoms with E-state index in [-0.39, 0.29) is 11.9 Å². The van der Waals surface area contributed by atoms with E-state index in [1.165, 1.54) is 17.3 Å². The summed E-state index contributed by atoms with van der Waals surface area (Å²) in [6.07, 6.45) is 5.77. The van der Waals surface area contributed by atoms with Gasteiger partial charge in [-0.25, -0.2) is 28.3 Å². The van der Waals surface area contributed by atoms with E-state index in [0.29, 0.717) is 23.4 Å². The van der Waals surface area contributed by atoms with Crippen LogP contribution in [0.2, 0.25) is 0 Å². The third kappa shape index (κ3) is 9.19. The molecule has 5 aromatic rings. The number of nitrogens with two attached hydrogens (primary N) is 1. The lowest BCUT2D eigenvalue weighted by Gasteiger charge is -2.11. The van der Waals surface area contributed by atoms with Crippen LogP contribution in [-0.4, -0.2) is 41.9 Å². The Balaban J connectivity index is 0.000000181. The Kier molecular flexibility index (Phi) is 12.2. The molecule has 9 nitrogen and oxygen atoms in total. The number of aryl methyl sites for hydroxylation is 1. The molecular formula is C33H47F2N9. The first-order valence-electron chi connectivity index (χ1n) is 15.1. The van der Waals surface area contributed by atoms with Gasteiger partial charge in [0.25, 0.3) is 6.43 Å². The van der Waals surface area contributed by atoms with E-state index >= 15 is 0 Å². The van der Waals surface area contributed by atoms with Crippen molar-refractivity contribution in [3.05, 3.63) is 94.9 Å². The molecule has 0 aromatic carbocycles. The largest absolute Gasteiger partial charge is 0.338 e. The highest BCUT2D eigenvalue weighted by Crippen LogP contribution is 2.21. The van der Waals surface area contributed by atoms with Gasteiger partial charge in [-0.3, -0.25) is 9.99 Å². The topological polar surface area (TPSA) is 103 Å². The fourth-order valence-corrected chi connectivity index (χ4v) is 4.32. The quantitative estimate of drug-likeness (QED) is 0.200. The second-order valence-corrected chi connectivity index (χ2v) is 11.7. The van der Waals surface area contributed by atoms with E-state index in [0.717, 1.165) is 28.9 Å². The zero-order chi connectivity index (χ0) is 32.6. The summed E-state index contributed by atoms with van der Waals surface area (Å²) >= 11 is 0. The Morgan fingerprint density at radius 2 is 1.36 bits per heavy atom. The van der Waals surface area contributed by atoms with E-state index < -0.39 is 6.43 Å². The number of nitrogen functional groups attached to an aromatic ring is 1. The number of fused-ring (bicyclic) bond motifs is 2. The summed E-state index contributed by atoms with van der Waals surface area (Å²) in [6.45, 7) is 16.8. The Morgan fingerprint density at radius 3 is 1.91 bits per heavy atom. The molecule has 1 atom stereocenters. The zero-order valence-electron chi connectivity index (χ0n) is 27.3. The molecule has 5 rings (SSSR count). The van der Waals surface area contributed by atoms with Crippen molar-refractivity contribution in [1.82, 2.24) is 34.0 Å². The van der Waals surface area contributed by atoms with E-state index in [4.69, 9.17) is 5.84 Å². The number of hydrogen-bond donors (Lipinski definition) is 2. The van der Waals surface area contributed by atoms with Gasteiger partial charge in [-0.1, -0.05) is 66.7 Å². The molecule has 0 amide bonds.